The fraction of sp³-hybridized carbons (Fsp3) is 1.00. The van der Waals surface area contributed by atoms with Gasteiger partial charge in [0.15, 0.2) is 0 Å². The molecule has 0 fully saturated rings. The Bertz CT molecular complexity index is 138. The molecule has 0 amide bonds. The number of hydrogen-bond acceptors (Lipinski definition) is 2. The van der Waals surface area contributed by atoms with Crippen molar-refractivity contribution in [1.82, 2.24) is 4.90 Å². The molecule has 2 heteroatoms. The molecule has 0 spiro atoms. The van der Waals surface area contributed by atoms with E-state index in [1.165, 1.54) is 25.9 Å². The normalized spacial score (nSPS) is 14.8. The smallest absolute Gasteiger partial charge is 0.00270 e. The van der Waals surface area contributed by atoms with Gasteiger partial charge >= 0.3 is 0 Å². The molecule has 0 saturated carbocycles. The minimum atomic E-state index is 0.411. The average Bonchev–Trinajstić information content (AvgIpc) is 2.00. The molecule has 0 rings (SSSR count). The Kier molecular flexibility index (Phi) is 6.38. The molecule has 1 atom stereocenters. The van der Waals surface area contributed by atoms with Crippen LogP contribution < -0.4 is 5.73 Å². The van der Waals surface area contributed by atoms with Crippen molar-refractivity contribution >= 4 is 0 Å². The predicted octanol–water partition coefficient (Wildman–Crippen LogP) is 2.34. The van der Waals surface area contributed by atoms with Crippen molar-refractivity contribution in [3.05, 3.63) is 0 Å². The molecule has 0 heterocycles. The first-order chi connectivity index (χ1) is 6.35. The van der Waals surface area contributed by atoms with Crippen LogP contribution in [0.15, 0.2) is 0 Å². The zero-order valence-electron chi connectivity index (χ0n) is 10.6. The highest BCUT2D eigenvalue weighted by molar-refractivity contribution is 4.66. The van der Waals surface area contributed by atoms with Crippen molar-refractivity contribution in [2.75, 3.05) is 26.7 Å². The van der Waals surface area contributed by atoms with Gasteiger partial charge in [-0.2, -0.15) is 0 Å². The second kappa shape index (κ2) is 6.41. The van der Waals surface area contributed by atoms with E-state index < -0.39 is 0 Å². The van der Waals surface area contributed by atoms with Crippen LogP contribution in [0.5, 0.6) is 0 Å². The minimum Gasteiger partial charge on any atom is -0.330 e. The van der Waals surface area contributed by atoms with Gasteiger partial charge in [-0.1, -0.05) is 27.7 Å². The predicted molar refractivity (Wildman–Crippen MR) is 64.4 cm³/mol. The Labute approximate surface area is 89.9 Å². The van der Waals surface area contributed by atoms with E-state index in [0.29, 0.717) is 11.3 Å². The van der Waals surface area contributed by atoms with Crippen LogP contribution in [-0.2, 0) is 0 Å². The fourth-order valence-corrected chi connectivity index (χ4v) is 1.72. The maximum absolute atomic E-state index is 5.58. The topological polar surface area (TPSA) is 29.3 Å². The van der Waals surface area contributed by atoms with Crippen LogP contribution in [0, 0.1) is 11.3 Å². The van der Waals surface area contributed by atoms with E-state index in [4.69, 9.17) is 5.73 Å². The van der Waals surface area contributed by atoms with Crippen LogP contribution in [0.3, 0.4) is 0 Å². The van der Waals surface area contributed by atoms with Gasteiger partial charge < -0.3 is 10.6 Å². The first kappa shape index (κ1) is 13.9. The molecular weight excluding hydrogens is 172 g/mol. The summed E-state index contributed by atoms with van der Waals surface area (Å²) in [6.07, 6.45) is 2.52. The van der Waals surface area contributed by atoms with Crippen LogP contribution in [0.25, 0.3) is 0 Å². The first-order valence-corrected chi connectivity index (χ1v) is 5.74. The highest BCUT2D eigenvalue weighted by Gasteiger charge is 2.13. The molecule has 0 aliphatic rings. The SMILES string of the molecule is CC(CN)CCCN(C)CC(C)(C)C. The molecule has 0 aliphatic carbocycles. The quantitative estimate of drug-likeness (QED) is 0.713. The average molecular weight is 200 g/mol. The number of nitrogens with two attached hydrogens (primary N) is 1. The Morgan fingerprint density at radius 2 is 1.86 bits per heavy atom. The summed E-state index contributed by atoms with van der Waals surface area (Å²) in [5.41, 5.74) is 5.99. The lowest BCUT2D eigenvalue weighted by Gasteiger charge is -2.26. The van der Waals surface area contributed by atoms with Crippen LogP contribution in [0.1, 0.15) is 40.5 Å². The zero-order chi connectivity index (χ0) is 11.2. The van der Waals surface area contributed by atoms with Gasteiger partial charge in [0.25, 0.3) is 0 Å². The number of rotatable bonds is 6. The number of nitrogens with zero attached hydrogens (tertiary/aromatic N) is 1. The van der Waals surface area contributed by atoms with Crippen LogP contribution in [-0.4, -0.2) is 31.6 Å². The molecule has 0 radical (unpaired) electrons. The second-order valence-corrected chi connectivity index (χ2v) is 5.78. The highest BCUT2D eigenvalue weighted by atomic mass is 15.1. The van der Waals surface area contributed by atoms with Gasteiger partial charge in [0.1, 0.15) is 0 Å². The van der Waals surface area contributed by atoms with Crippen molar-refractivity contribution in [2.24, 2.45) is 17.1 Å². The summed E-state index contributed by atoms with van der Waals surface area (Å²) in [5.74, 6) is 0.679. The van der Waals surface area contributed by atoms with E-state index in [2.05, 4.69) is 39.6 Å². The monoisotopic (exact) mass is 200 g/mol. The number of hydrogen-bond donors (Lipinski definition) is 1. The third-order valence-electron chi connectivity index (χ3n) is 2.38. The van der Waals surface area contributed by atoms with Gasteiger partial charge in [0, 0.05) is 6.54 Å². The van der Waals surface area contributed by atoms with Crippen molar-refractivity contribution in [2.45, 2.75) is 40.5 Å². The molecule has 0 bridgehead atoms. The summed E-state index contributed by atoms with van der Waals surface area (Å²) < 4.78 is 0. The minimum absolute atomic E-state index is 0.411. The maximum atomic E-state index is 5.58. The molecule has 86 valence electrons. The molecule has 1 unspecified atom stereocenters. The first-order valence-electron chi connectivity index (χ1n) is 5.74. The van der Waals surface area contributed by atoms with Gasteiger partial charge in [-0.15, -0.1) is 0 Å². The highest BCUT2D eigenvalue weighted by Crippen LogP contribution is 2.14. The summed E-state index contributed by atoms with van der Waals surface area (Å²) in [6.45, 7) is 12.3. The molecule has 0 aromatic heterocycles. The molecule has 0 aliphatic heterocycles. The lowest BCUT2D eigenvalue weighted by Crippen LogP contribution is -2.30. The second-order valence-electron chi connectivity index (χ2n) is 5.78. The van der Waals surface area contributed by atoms with Gasteiger partial charge in [-0.25, -0.2) is 0 Å². The summed E-state index contributed by atoms with van der Waals surface area (Å²) >= 11 is 0. The summed E-state index contributed by atoms with van der Waals surface area (Å²) in [6, 6.07) is 0. The fourth-order valence-electron chi connectivity index (χ4n) is 1.72. The summed E-state index contributed by atoms with van der Waals surface area (Å²) in [4.78, 5) is 2.42. The zero-order valence-corrected chi connectivity index (χ0v) is 10.6. The van der Waals surface area contributed by atoms with Crippen molar-refractivity contribution in [3.8, 4) is 0 Å². The van der Waals surface area contributed by atoms with Crippen LogP contribution in [0.4, 0.5) is 0 Å². The molecule has 0 aromatic carbocycles. The van der Waals surface area contributed by atoms with Gasteiger partial charge in [0.05, 0.1) is 0 Å². The maximum Gasteiger partial charge on any atom is 0.00270 e. The van der Waals surface area contributed by atoms with Crippen LogP contribution >= 0.6 is 0 Å². The Morgan fingerprint density at radius 1 is 1.29 bits per heavy atom. The van der Waals surface area contributed by atoms with Gasteiger partial charge in [-0.3, -0.25) is 0 Å². The molecule has 0 saturated heterocycles. The van der Waals surface area contributed by atoms with Gasteiger partial charge in [0.2, 0.25) is 0 Å². The van der Waals surface area contributed by atoms with E-state index in [1.807, 2.05) is 0 Å². The third-order valence-corrected chi connectivity index (χ3v) is 2.38. The standard InChI is InChI=1S/C12H28N2/c1-11(9-13)7-6-8-14(5)10-12(2,3)4/h11H,6-10,13H2,1-5H3. The Morgan fingerprint density at radius 3 is 2.29 bits per heavy atom. The van der Waals surface area contributed by atoms with E-state index in [-0.39, 0.29) is 0 Å². The lowest BCUT2D eigenvalue weighted by atomic mass is 9.96. The molecule has 2 nitrogen and oxygen atoms in total. The van der Waals surface area contributed by atoms with Gasteiger partial charge in [-0.05, 0) is 44.3 Å². The van der Waals surface area contributed by atoms with Crippen molar-refractivity contribution in [3.63, 3.8) is 0 Å². The van der Waals surface area contributed by atoms with Crippen molar-refractivity contribution < 1.29 is 0 Å². The van der Waals surface area contributed by atoms with Crippen LogP contribution in [0.2, 0.25) is 0 Å². The Hall–Kier alpha value is -0.0800. The summed E-state index contributed by atoms with van der Waals surface area (Å²) in [5, 5.41) is 0. The molecule has 14 heavy (non-hydrogen) atoms. The third kappa shape index (κ3) is 8.52. The Balaban J connectivity index is 3.50. The summed E-state index contributed by atoms with van der Waals surface area (Å²) in [7, 11) is 2.21. The molecule has 0 aromatic rings. The molecular formula is C12H28N2. The van der Waals surface area contributed by atoms with E-state index in [9.17, 15) is 0 Å². The lowest BCUT2D eigenvalue weighted by molar-refractivity contribution is 0.221. The largest absolute Gasteiger partial charge is 0.330 e. The van der Waals surface area contributed by atoms with E-state index >= 15 is 0 Å². The van der Waals surface area contributed by atoms with Crippen molar-refractivity contribution in [1.29, 1.82) is 0 Å². The van der Waals surface area contributed by atoms with E-state index in [1.54, 1.807) is 0 Å². The molecule has 2 N–H and O–H groups in total. The van der Waals surface area contributed by atoms with E-state index in [0.717, 1.165) is 6.54 Å².